The van der Waals surface area contributed by atoms with Crippen molar-refractivity contribution in [1.82, 2.24) is 4.90 Å². The van der Waals surface area contributed by atoms with E-state index in [4.69, 9.17) is 0 Å². The van der Waals surface area contributed by atoms with Crippen LogP contribution in [0.3, 0.4) is 0 Å². The number of carbonyl (C=O) groups is 2. The fourth-order valence-electron chi connectivity index (χ4n) is 3.27. The molecule has 3 rings (SSSR count). The van der Waals surface area contributed by atoms with Gasteiger partial charge in [-0.05, 0) is 53.5 Å². The Labute approximate surface area is 159 Å². The molecule has 0 unspecified atom stereocenters. The smallest absolute Gasteiger partial charge is 0.254 e. The van der Waals surface area contributed by atoms with Gasteiger partial charge in [0.25, 0.3) is 5.91 Å². The van der Waals surface area contributed by atoms with E-state index < -0.39 is 0 Å². The lowest BCUT2D eigenvalue weighted by Gasteiger charge is -2.28. The number of amides is 2. The van der Waals surface area contributed by atoms with Crippen LogP contribution in [0.2, 0.25) is 0 Å². The Morgan fingerprint density at radius 2 is 2.00 bits per heavy atom. The summed E-state index contributed by atoms with van der Waals surface area (Å²) in [4.78, 5) is 28.6. The molecule has 1 aliphatic heterocycles. The summed E-state index contributed by atoms with van der Waals surface area (Å²) in [5, 5.41) is 5.06. The van der Waals surface area contributed by atoms with E-state index in [-0.39, 0.29) is 17.2 Å². The molecule has 1 aromatic heterocycles. The minimum absolute atomic E-state index is 0.0221. The molecule has 26 heavy (non-hydrogen) atoms. The van der Waals surface area contributed by atoms with Gasteiger partial charge in [-0.2, -0.15) is 0 Å². The largest absolute Gasteiger partial charge is 0.334 e. The normalized spacial score (nSPS) is 14.1. The molecule has 0 saturated heterocycles. The van der Waals surface area contributed by atoms with Crippen LogP contribution in [0, 0.1) is 12.3 Å². The van der Waals surface area contributed by atoms with Crippen molar-refractivity contribution in [2.75, 3.05) is 11.9 Å². The molecule has 1 aromatic carbocycles. The monoisotopic (exact) mass is 370 g/mol. The number of benzene rings is 1. The molecule has 0 radical (unpaired) electrons. The third-order valence-corrected chi connectivity index (χ3v) is 5.65. The molecule has 2 aromatic rings. The van der Waals surface area contributed by atoms with Gasteiger partial charge in [0, 0.05) is 35.6 Å². The fraction of sp³-hybridized carbons (Fsp3) is 0.429. The van der Waals surface area contributed by atoms with Crippen molar-refractivity contribution in [3.05, 3.63) is 51.2 Å². The first-order valence-electron chi connectivity index (χ1n) is 8.98. The minimum Gasteiger partial charge on any atom is -0.334 e. The third-order valence-electron chi connectivity index (χ3n) is 4.62. The van der Waals surface area contributed by atoms with Crippen LogP contribution in [0.25, 0.3) is 0 Å². The highest BCUT2D eigenvalue weighted by atomic mass is 32.1. The summed E-state index contributed by atoms with van der Waals surface area (Å²) in [7, 11) is 0. The predicted molar refractivity (Wildman–Crippen MR) is 107 cm³/mol. The highest BCUT2D eigenvalue weighted by molar-refractivity contribution is 7.10. The van der Waals surface area contributed by atoms with Gasteiger partial charge in [-0.15, -0.1) is 11.3 Å². The van der Waals surface area contributed by atoms with E-state index >= 15 is 0 Å². The molecule has 1 aliphatic rings. The van der Waals surface area contributed by atoms with Crippen LogP contribution in [0.5, 0.6) is 0 Å². The number of rotatable bonds is 3. The third kappa shape index (κ3) is 4.15. The van der Waals surface area contributed by atoms with Crippen molar-refractivity contribution < 1.29 is 9.59 Å². The lowest BCUT2D eigenvalue weighted by Crippen LogP contribution is -2.35. The SMILES string of the molecule is Cc1c(NC(=O)CC(C)(C)C)cccc1C(=O)N1CCc2sccc2C1. The number of carbonyl (C=O) groups excluding carboxylic acids is 2. The van der Waals surface area contributed by atoms with Gasteiger partial charge in [-0.3, -0.25) is 9.59 Å². The summed E-state index contributed by atoms with van der Waals surface area (Å²) in [6.07, 6.45) is 1.36. The predicted octanol–water partition coefficient (Wildman–Crippen LogP) is 4.63. The molecule has 0 atom stereocenters. The number of hydrogen-bond acceptors (Lipinski definition) is 3. The van der Waals surface area contributed by atoms with Crippen molar-refractivity contribution >= 4 is 28.8 Å². The van der Waals surface area contributed by atoms with Gasteiger partial charge in [-0.1, -0.05) is 26.8 Å². The summed E-state index contributed by atoms with van der Waals surface area (Å²) in [5.74, 6) is 0.0114. The van der Waals surface area contributed by atoms with E-state index in [1.165, 1.54) is 10.4 Å². The Hall–Kier alpha value is -2.14. The number of thiophene rings is 1. The van der Waals surface area contributed by atoms with Gasteiger partial charge >= 0.3 is 0 Å². The minimum atomic E-state index is -0.0720. The second-order valence-electron chi connectivity index (χ2n) is 8.11. The first-order valence-corrected chi connectivity index (χ1v) is 9.86. The van der Waals surface area contributed by atoms with Gasteiger partial charge in [0.2, 0.25) is 5.91 Å². The zero-order valence-electron chi connectivity index (χ0n) is 15.9. The van der Waals surface area contributed by atoms with Crippen LogP contribution < -0.4 is 5.32 Å². The molecular weight excluding hydrogens is 344 g/mol. The van der Waals surface area contributed by atoms with Crippen molar-refractivity contribution in [1.29, 1.82) is 0 Å². The summed E-state index contributed by atoms with van der Waals surface area (Å²) < 4.78 is 0. The molecule has 2 amide bonds. The average molecular weight is 371 g/mol. The summed E-state index contributed by atoms with van der Waals surface area (Å²) in [6.45, 7) is 9.42. The van der Waals surface area contributed by atoms with E-state index in [0.29, 0.717) is 18.5 Å². The molecule has 5 heteroatoms. The van der Waals surface area contributed by atoms with Crippen LogP contribution >= 0.6 is 11.3 Å². The first kappa shape index (κ1) is 18.6. The topological polar surface area (TPSA) is 49.4 Å². The Morgan fingerprint density at radius 3 is 2.73 bits per heavy atom. The molecule has 0 saturated carbocycles. The highest BCUT2D eigenvalue weighted by Crippen LogP contribution is 2.27. The highest BCUT2D eigenvalue weighted by Gasteiger charge is 2.24. The van der Waals surface area contributed by atoms with Crippen molar-refractivity contribution in [3.63, 3.8) is 0 Å². The average Bonchev–Trinajstić information content (AvgIpc) is 3.02. The zero-order chi connectivity index (χ0) is 18.9. The molecule has 138 valence electrons. The van der Waals surface area contributed by atoms with Crippen molar-refractivity contribution in [2.24, 2.45) is 5.41 Å². The molecular formula is C21H26N2O2S. The van der Waals surface area contributed by atoms with E-state index in [1.54, 1.807) is 11.3 Å². The number of nitrogens with one attached hydrogen (secondary N) is 1. The van der Waals surface area contributed by atoms with Gasteiger partial charge in [0.15, 0.2) is 0 Å². The number of fused-ring (bicyclic) bond motifs is 1. The Balaban J connectivity index is 1.77. The van der Waals surface area contributed by atoms with Gasteiger partial charge in [0.05, 0.1) is 0 Å². The van der Waals surface area contributed by atoms with Crippen LogP contribution in [-0.4, -0.2) is 23.3 Å². The van der Waals surface area contributed by atoms with Crippen LogP contribution in [0.15, 0.2) is 29.6 Å². The number of anilines is 1. The quantitative estimate of drug-likeness (QED) is 0.856. The Morgan fingerprint density at radius 1 is 1.23 bits per heavy atom. The molecule has 0 fully saturated rings. The van der Waals surface area contributed by atoms with Crippen LogP contribution in [0.4, 0.5) is 5.69 Å². The Kier molecular flexibility index (Phi) is 5.19. The van der Waals surface area contributed by atoms with Crippen LogP contribution in [-0.2, 0) is 17.8 Å². The van der Waals surface area contributed by atoms with E-state index in [9.17, 15) is 9.59 Å². The molecule has 0 spiro atoms. The molecule has 0 bridgehead atoms. The fourth-order valence-corrected chi connectivity index (χ4v) is 4.16. The van der Waals surface area contributed by atoms with E-state index in [2.05, 4.69) is 16.8 Å². The molecule has 2 heterocycles. The first-order chi connectivity index (χ1) is 12.2. The maximum absolute atomic E-state index is 13.0. The van der Waals surface area contributed by atoms with Gasteiger partial charge < -0.3 is 10.2 Å². The molecule has 4 nitrogen and oxygen atoms in total. The summed E-state index contributed by atoms with van der Waals surface area (Å²) >= 11 is 1.77. The van der Waals surface area contributed by atoms with Crippen molar-refractivity contribution in [2.45, 2.75) is 47.1 Å². The maximum Gasteiger partial charge on any atom is 0.254 e. The molecule has 1 N–H and O–H groups in total. The van der Waals surface area contributed by atoms with Gasteiger partial charge in [0.1, 0.15) is 0 Å². The van der Waals surface area contributed by atoms with Crippen LogP contribution in [0.1, 0.15) is 53.6 Å². The summed E-state index contributed by atoms with van der Waals surface area (Å²) in [6, 6.07) is 7.66. The number of hydrogen-bond donors (Lipinski definition) is 1. The van der Waals surface area contributed by atoms with E-state index in [1.807, 2.05) is 50.8 Å². The zero-order valence-corrected chi connectivity index (χ0v) is 16.7. The number of nitrogens with zero attached hydrogens (tertiary/aromatic N) is 1. The second kappa shape index (κ2) is 7.23. The second-order valence-corrected chi connectivity index (χ2v) is 9.11. The lowest BCUT2D eigenvalue weighted by molar-refractivity contribution is -0.117. The standard InChI is InChI=1S/C21H26N2O2S/c1-14-16(6-5-7-17(14)22-19(24)12-21(2,3)4)20(25)23-10-8-18-15(13-23)9-11-26-18/h5-7,9,11H,8,10,12-13H2,1-4H3,(H,22,24). The van der Waals surface area contributed by atoms with Gasteiger partial charge in [-0.25, -0.2) is 0 Å². The summed E-state index contributed by atoms with van der Waals surface area (Å²) in [5.41, 5.74) is 3.39. The lowest BCUT2D eigenvalue weighted by atomic mass is 9.92. The van der Waals surface area contributed by atoms with Crippen molar-refractivity contribution in [3.8, 4) is 0 Å². The maximum atomic E-state index is 13.0. The molecule has 0 aliphatic carbocycles. The Bertz CT molecular complexity index is 833. The van der Waals surface area contributed by atoms with E-state index in [0.717, 1.165) is 24.2 Å².